The number of aromatic nitrogens is 3. The second-order valence-electron chi connectivity index (χ2n) is 5.92. The highest BCUT2D eigenvalue weighted by atomic mass is 16.5. The Hall–Kier alpha value is -3.99. The molecule has 1 atom stereocenters. The summed E-state index contributed by atoms with van der Waals surface area (Å²) in [5.41, 5.74) is 1.57. The number of para-hydroxylation sites is 1. The van der Waals surface area contributed by atoms with E-state index in [1.165, 1.54) is 11.8 Å². The summed E-state index contributed by atoms with van der Waals surface area (Å²) >= 11 is 0. The van der Waals surface area contributed by atoms with Crippen LogP contribution in [0.15, 0.2) is 54.6 Å². The molecular weight excluding hydrogens is 358 g/mol. The van der Waals surface area contributed by atoms with E-state index in [0.29, 0.717) is 17.1 Å². The maximum absolute atomic E-state index is 12.8. The molecule has 0 saturated heterocycles. The van der Waals surface area contributed by atoms with E-state index >= 15 is 0 Å². The summed E-state index contributed by atoms with van der Waals surface area (Å²) in [5, 5.41) is 19.8. The monoisotopic (exact) mass is 375 g/mol. The smallest absolute Gasteiger partial charge is 0.249 e. The van der Waals surface area contributed by atoms with Gasteiger partial charge in [0.2, 0.25) is 11.7 Å². The molecule has 28 heavy (non-hydrogen) atoms. The Morgan fingerprint density at radius 3 is 2.61 bits per heavy atom. The molecule has 1 aromatic heterocycles. The predicted octanol–water partition coefficient (Wildman–Crippen LogP) is 2.55. The number of ketones is 1. The first kappa shape index (κ1) is 18.8. The fourth-order valence-corrected chi connectivity index (χ4v) is 2.66. The van der Waals surface area contributed by atoms with Gasteiger partial charge in [0.15, 0.2) is 11.6 Å². The number of rotatable bonds is 6. The average Bonchev–Trinajstić information content (AvgIpc) is 3.10. The van der Waals surface area contributed by atoms with Crippen LogP contribution in [-0.2, 0) is 4.79 Å². The van der Waals surface area contributed by atoms with Crippen molar-refractivity contribution in [3.63, 3.8) is 0 Å². The molecule has 3 aromatic rings. The molecule has 0 spiro atoms. The number of anilines is 1. The van der Waals surface area contributed by atoms with Crippen LogP contribution in [0, 0.1) is 24.2 Å². The van der Waals surface area contributed by atoms with E-state index in [2.05, 4.69) is 15.6 Å². The van der Waals surface area contributed by atoms with Crippen molar-refractivity contribution >= 4 is 17.4 Å². The standard InChI is InChI=1S/C20H17N5O3/c1-13-18(23-24-25(13)15-8-4-3-5-9-15)19(26)17(12-21)20(27)22-14-7-6-10-16(11-14)28-2/h3-11,17H,1-2H3,(H,22,27). The van der Waals surface area contributed by atoms with E-state index in [-0.39, 0.29) is 5.69 Å². The summed E-state index contributed by atoms with van der Waals surface area (Å²) in [6, 6.07) is 17.5. The van der Waals surface area contributed by atoms with Crippen LogP contribution in [-0.4, -0.2) is 33.8 Å². The summed E-state index contributed by atoms with van der Waals surface area (Å²) in [6.45, 7) is 1.66. The molecule has 2 aromatic carbocycles. The van der Waals surface area contributed by atoms with Crippen LogP contribution in [0.4, 0.5) is 5.69 Å². The normalized spacial score (nSPS) is 11.3. The van der Waals surface area contributed by atoms with E-state index in [9.17, 15) is 14.9 Å². The molecule has 3 rings (SSSR count). The average molecular weight is 375 g/mol. The number of carbonyl (C=O) groups is 2. The fraction of sp³-hybridized carbons (Fsp3) is 0.150. The van der Waals surface area contributed by atoms with Crippen LogP contribution in [0.5, 0.6) is 5.75 Å². The number of hydrogen-bond acceptors (Lipinski definition) is 6. The molecule has 1 heterocycles. The molecule has 0 aliphatic carbocycles. The lowest BCUT2D eigenvalue weighted by Gasteiger charge is -2.10. The quantitative estimate of drug-likeness (QED) is 0.524. The first-order chi connectivity index (χ1) is 13.5. The number of benzene rings is 2. The van der Waals surface area contributed by atoms with Crippen molar-refractivity contribution in [2.75, 3.05) is 12.4 Å². The van der Waals surface area contributed by atoms with Crippen molar-refractivity contribution in [2.24, 2.45) is 5.92 Å². The lowest BCUT2D eigenvalue weighted by molar-refractivity contribution is -0.117. The van der Waals surface area contributed by atoms with Gasteiger partial charge in [-0.2, -0.15) is 5.26 Å². The van der Waals surface area contributed by atoms with Crippen molar-refractivity contribution in [3.8, 4) is 17.5 Å². The van der Waals surface area contributed by atoms with E-state index in [4.69, 9.17) is 4.74 Å². The SMILES string of the molecule is COc1cccc(NC(=O)C(C#N)C(=O)c2nnn(-c3ccccc3)c2C)c1. The zero-order valence-electron chi connectivity index (χ0n) is 15.3. The highest BCUT2D eigenvalue weighted by Crippen LogP contribution is 2.19. The highest BCUT2D eigenvalue weighted by Gasteiger charge is 2.31. The Balaban J connectivity index is 1.83. The maximum atomic E-state index is 12.8. The molecule has 8 nitrogen and oxygen atoms in total. The Kier molecular flexibility index (Phi) is 5.46. The van der Waals surface area contributed by atoms with Gasteiger partial charge in [-0.15, -0.1) is 5.10 Å². The Morgan fingerprint density at radius 1 is 1.18 bits per heavy atom. The Labute approximate surface area is 161 Å². The third kappa shape index (κ3) is 3.73. The fourth-order valence-electron chi connectivity index (χ4n) is 2.66. The second-order valence-corrected chi connectivity index (χ2v) is 5.92. The van der Waals surface area contributed by atoms with E-state index in [1.54, 1.807) is 37.3 Å². The van der Waals surface area contributed by atoms with Gasteiger partial charge in [-0.25, -0.2) is 4.68 Å². The maximum Gasteiger partial charge on any atom is 0.249 e. The predicted molar refractivity (Wildman–Crippen MR) is 101 cm³/mol. The molecule has 8 heteroatoms. The lowest BCUT2D eigenvalue weighted by Crippen LogP contribution is -2.29. The number of carbonyl (C=O) groups excluding carboxylic acids is 2. The van der Waals surface area contributed by atoms with Gasteiger partial charge in [0.05, 0.1) is 24.6 Å². The number of ether oxygens (including phenoxy) is 1. The number of methoxy groups -OCH3 is 1. The zero-order chi connectivity index (χ0) is 20.1. The van der Waals surface area contributed by atoms with Gasteiger partial charge in [0.25, 0.3) is 0 Å². The van der Waals surface area contributed by atoms with Crippen LogP contribution in [0.2, 0.25) is 0 Å². The number of Topliss-reactive ketones (excluding diaryl/α,β-unsaturated/α-hetero) is 1. The van der Waals surface area contributed by atoms with E-state index in [1.807, 2.05) is 30.3 Å². The van der Waals surface area contributed by atoms with Crippen molar-refractivity contribution in [3.05, 3.63) is 66.0 Å². The molecule has 0 bridgehead atoms. The minimum absolute atomic E-state index is 0.0174. The van der Waals surface area contributed by atoms with Crippen molar-refractivity contribution in [1.29, 1.82) is 5.26 Å². The number of nitrogens with zero attached hydrogens (tertiary/aromatic N) is 4. The molecule has 0 aliphatic rings. The van der Waals surface area contributed by atoms with E-state index in [0.717, 1.165) is 5.69 Å². The first-order valence-electron chi connectivity index (χ1n) is 8.41. The zero-order valence-corrected chi connectivity index (χ0v) is 15.3. The van der Waals surface area contributed by atoms with Crippen molar-refractivity contribution < 1.29 is 14.3 Å². The van der Waals surface area contributed by atoms with Crippen LogP contribution in [0.25, 0.3) is 5.69 Å². The Bertz CT molecular complexity index is 1050. The number of nitrogens with one attached hydrogen (secondary N) is 1. The highest BCUT2D eigenvalue weighted by molar-refractivity contribution is 6.15. The summed E-state index contributed by atoms with van der Waals surface area (Å²) in [4.78, 5) is 25.3. The molecule has 1 unspecified atom stereocenters. The van der Waals surface area contributed by atoms with Crippen LogP contribution < -0.4 is 10.1 Å². The van der Waals surface area contributed by atoms with Gasteiger partial charge < -0.3 is 10.1 Å². The number of nitriles is 1. The third-order valence-electron chi connectivity index (χ3n) is 4.12. The largest absolute Gasteiger partial charge is 0.497 e. The van der Waals surface area contributed by atoms with Gasteiger partial charge in [-0.1, -0.05) is 29.5 Å². The molecule has 0 saturated carbocycles. The summed E-state index contributed by atoms with van der Waals surface area (Å²) in [7, 11) is 1.50. The summed E-state index contributed by atoms with van der Waals surface area (Å²) in [6.07, 6.45) is 0. The van der Waals surface area contributed by atoms with Gasteiger partial charge in [0.1, 0.15) is 5.75 Å². The summed E-state index contributed by atoms with van der Waals surface area (Å²) < 4.78 is 6.58. The van der Waals surface area contributed by atoms with Gasteiger partial charge in [0, 0.05) is 11.8 Å². The molecule has 0 aliphatic heterocycles. The van der Waals surface area contributed by atoms with Crippen LogP contribution in [0.3, 0.4) is 0 Å². The number of amides is 1. The third-order valence-corrected chi connectivity index (χ3v) is 4.12. The minimum Gasteiger partial charge on any atom is -0.497 e. The van der Waals surface area contributed by atoms with Crippen molar-refractivity contribution in [1.82, 2.24) is 15.0 Å². The molecular formula is C20H17N5O3. The van der Waals surface area contributed by atoms with Crippen LogP contribution in [0.1, 0.15) is 16.2 Å². The number of hydrogen-bond donors (Lipinski definition) is 1. The minimum atomic E-state index is -1.55. The second kappa shape index (κ2) is 8.14. The van der Waals surface area contributed by atoms with E-state index < -0.39 is 17.6 Å². The topological polar surface area (TPSA) is 110 Å². The van der Waals surface area contributed by atoms with Crippen LogP contribution >= 0.6 is 0 Å². The molecule has 1 amide bonds. The Morgan fingerprint density at radius 2 is 1.93 bits per heavy atom. The van der Waals surface area contributed by atoms with Gasteiger partial charge >= 0.3 is 0 Å². The molecule has 1 N–H and O–H groups in total. The molecule has 0 fully saturated rings. The lowest BCUT2D eigenvalue weighted by atomic mass is 10.0. The van der Waals surface area contributed by atoms with Crippen molar-refractivity contribution in [2.45, 2.75) is 6.92 Å². The molecule has 0 radical (unpaired) electrons. The van der Waals surface area contributed by atoms with Gasteiger partial charge in [-0.3, -0.25) is 9.59 Å². The first-order valence-corrected chi connectivity index (χ1v) is 8.41. The summed E-state index contributed by atoms with van der Waals surface area (Å²) in [5.74, 6) is -2.46. The molecule has 140 valence electrons. The van der Waals surface area contributed by atoms with Gasteiger partial charge in [-0.05, 0) is 31.2 Å².